The molecule has 1 aromatic rings. The Balaban J connectivity index is 2.34. The Kier molecular flexibility index (Phi) is 2.55. The lowest BCUT2D eigenvalue weighted by Crippen LogP contribution is -2.21. The molecule has 1 fully saturated rings. The summed E-state index contributed by atoms with van der Waals surface area (Å²) in [4.78, 5) is 1.71. The van der Waals surface area contributed by atoms with E-state index in [1.54, 1.807) is 4.90 Å². The molecule has 0 radical (unpaired) electrons. The standard InChI is InChI=1S/C11H10F2N2/c12-9-2-1-8(6-14)11(5-9)15-4-3-10(13)7-15/h1-2,5,10H,3-4,7H2/t10-/m1/s1. The van der Waals surface area contributed by atoms with Crippen molar-refractivity contribution in [3.8, 4) is 6.07 Å². The monoisotopic (exact) mass is 208 g/mol. The molecule has 0 aliphatic carbocycles. The fourth-order valence-corrected chi connectivity index (χ4v) is 1.80. The van der Waals surface area contributed by atoms with E-state index in [0.717, 1.165) is 0 Å². The smallest absolute Gasteiger partial charge is 0.125 e. The first-order valence-corrected chi connectivity index (χ1v) is 4.79. The highest BCUT2D eigenvalue weighted by Crippen LogP contribution is 2.26. The number of hydrogen-bond acceptors (Lipinski definition) is 2. The van der Waals surface area contributed by atoms with Gasteiger partial charge >= 0.3 is 0 Å². The van der Waals surface area contributed by atoms with Gasteiger partial charge in [0, 0.05) is 13.1 Å². The number of rotatable bonds is 1. The Labute approximate surface area is 86.7 Å². The molecule has 1 aromatic carbocycles. The lowest BCUT2D eigenvalue weighted by atomic mass is 10.2. The summed E-state index contributed by atoms with van der Waals surface area (Å²) < 4.78 is 26.0. The molecule has 0 spiro atoms. The molecule has 1 heterocycles. The van der Waals surface area contributed by atoms with Crippen LogP contribution in [-0.2, 0) is 0 Å². The Morgan fingerprint density at radius 3 is 2.87 bits per heavy atom. The first-order chi connectivity index (χ1) is 7.20. The Hall–Kier alpha value is -1.63. The third-order valence-corrected chi connectivity index (χ3v) is 2.55. The fraction of sp³-hybridized carbons (Fsp3) is 0.364. The zero-order chi connectivity index (χ0) is 10.8. The van der Waals surface area contributed by atoms with Crippen LogP contribution in [0.4, 0.5) is 14.5 Å². The van der Waals surface area contributed by atoms with Crippen LogP contribution in [0.3, 0.4) is 0 Å². The van der Waals surface area contributed by atoms with Gasteiger partial charge in [-0.15, -0.1) is 0 Å². The summed E-state index contributed by atoms with van der Waals surface area (Å²) >= 11 is 0. The van der Waals surface area contributed by atoms with E-state index in [1.807, 2.05) is 6.07 Å². The van der Waals surface area contributed by atoms with Gasteiger partial charge in [-0.1, -0.05) is 0 Å². The van der Waals surface area contributed by atoms with Crippen LogP contribution in [0.15, 0.2) is 18.2 Å². The van der Waals surface area contributed by atoms with Crippen molar-refractivity contribution in [1.29, 1.82) is 5.26 Å². The minimum Gasteiger partial charge on any atom is -0.367 e. The average Bonchev–Trinajstić information content (AvgIpc) is 2.65. The van der Waals surface area contributed by atoms with Gasteiger partial charge in [0.25, 0.3) is 0 Å². The summed E-state index contributed by atoms with van der Waals surface area (Å²) in [7, 11) is 0. The number of anilines is 1. The zero-order valence-electron chi connectivity index (χ0n) is 8.08. The van der Waals surface area contributed by atoms with Crippen LogP contribution < -0.4 is 4.90 Å². The zero-order valence-corrected chi connectivity index (χ0v) is 8.08. The molecular weight excluding hydrogens is 198 g/mol. The van der Waals surface area contributed by atoms with Crippen LogP contribution in [0.2, 0.25) is 0 Å². The van der Waals surface area contributed by atoms with Crippen molar-refractivity contribution < 1.29 is 8.78 Å². The molecule has 0 saturated carbocycles. The predicted molar refractivity (Wildman–Crippen MR) is 52.8 cm³/mol. The van der Waals surface area contributed by atoms with Crippen molar-refractivity contribution in [1.82, 2.24) is 0 Å². The van der Waals surface area contributed by atoms with Crippen LogP contribution in [-0.4, -0.2) is 19.3 Å². The molecule has 1 atom stereocenters. The SMILES string of the molecule is N#Cc1ccc(F)cc1N1CC[C@@H](F)C1. The minimum atomic E-state index is -0.875. The third-order valence-electron chi connectivity index (χ3n) is 2.55. The number of nitrogens with zero attached hydrogens (tertiary/aromatic N) is 2. The van der Waals surface area contributed by atoms with E-state index < -0.39 is 12.0 Å². The summed E-state index contributed by atoms with van der Waals surface area (Å²) in [6, 6.07) is 5.94. The average molecular weight is 208 g/mol. The molecule has 2 rings (SSSR count). The molecule has 0 bridgehead atoms. The van der Waals surface area contributed by atoms with Gasteiger partial charge < -0.3 is 4.90 Å². The van der Waals surface area contributed by atoms with E-state index in [1.165, 1.54) is 18.2 Å². The highest BCUT2D eigenvalue weighted by molar-refractivity contribution is 5.60. The molecule has 1 aliphatic heterocycles. The van der Waals surface area contributed by atoms with Crippen molar-refractivity contribution in [3.05, 3.63) is 29.6 Å². The largest absolute Gasteiger partial charge is 0.367 e. The summed E-state index contributed by atoms with van der Waals surface area (Å²) in [5, 5.41) is 8.84. The van der Waals surface area contributed by atoms with E-state index in [4.69, 9.17) is 5.26 Å². The first-order valence-electron chi connectivity index (χ1n) is 4.79. The minimum absolute atomic E-state index is 0.248. The van der Waals surface area contributed by atoms with Crippen LogP contribution in [0.25, 0.3) is 0 Å². The molecule has 2 nitrogen and oxygen atoms in total. The second-order valence-corrected chi connectivity index (χ2v) is 3.61. The van der Waals surface area contributed by atoms with Gasteiger partial charge in [0.1, 0.15) is 18.1 Å². The molecular formula is C11H10F2N2. The van der Waals surface area contributed by atoms with Crippen molar-refractivity contribution in [2.24, 2.45) is 0 Å². The number of benzene rings is 1. The van der Waals surface area contributed by atoms with E-state index >= 15 is 0 Å². The lowest BCUT2D eigenvalue weighted by molar-refractivity contribution is 0.364. The predicted octanol–water partition coefficient (Wildman–Crippen LogP) is 2.25. The fourth-order valence-electron chi connectivity index (χ4n) is 1.80. The number of halogens is 2. The third kappa shape index (κ3) is 1.91. The summed E-state index contributed by atoms with van der Waals surface area (Å²) in [5.41, 5.74) is 0.892. The molecule has 0 N–H and O–H groups in total. The number of nitriles is 1. The normalized spacial score (nSPS) is 20.3. The quantitative estimate of drug-likeness (QED) is 0.707. The van der Waals surface area contributed by atoms with E-state index in [0.29, 0.717) is 24.2 Å². The van der Waals surface area contributed by atoms with Gasteiger partial charge in [-0.2, -0.15) is 5.26 Å². The highest BCUT2D eigenvalue weighted by atomic mass is 19.1. The Morgan fingerprint density at radius 1 is 1.47 bits per heavy atom. The second kappa shape index (κ2) is 3.85. The lowest BCUT2D eigenvalue weighted by Gasteiger charge is -2.18. The maximum Gasteiger partial charge on any atom is 0.125 e. The van der Waals surface area contributed by atoms with E-state index in [-0.39, 0.29) is 6.54 Å². The van der Waals surface area contributed by atoms with E-state index in [2.05, 4.69) is 0 Å². The van der Waals surface area contributed by atoms with Crippen molar-refractivity contribution in [3.63, 3.8) is 0 Å². The molecule has 1 saturated heterocycles. The molecule has 0 unspecified atom stereocenters. The van der Waals surface area contributed by atoms with Gasteiger partial charge in [0.2, 0.25) is 0 Å². The van der Waals surface area contributed by atoms with Gasteiger partial charge in [0.05, 0.1) is 11.3 Å². The van der Waals surface area contributed by atoms with Gasteiger partial charge in [-0.05, 0) is 24.6 Å². The molecule has 4 heteroatoms. The molecule has 78 valence electrons. The summed E-state index contributed by atoms with van der Waals surface area (Å²) in [6.07, 6.45) is -0.429. The number of alkyl halides is 1. The van der Waals surface area contributed by atoms with Crippen LogP contribution >= 0.6 is 0 Å². The topological polar surface area (TPSA) is 27.0 Å². The van der Waals surface area contributed by atoms with Gasteiger partial charge in [-0.25, -0.2) is 8.78 Å². The van der Waals surface area contributed by atoms with Crippen molar-refractivity contribution >= 4 is 5.69 Å². The van der Waals surface area contributed by atoms with Crippen LogP contribution in [0.5, 0.6) is 0 Å². The maximum atomic E-state index is 13.0. The second-order valence-electron chi connectivity index (χ2n) is 3.61. The Morgan fingerprint density at radius 2 is 2.27 bits per heavy atom. The number of hydrogen-bond donors (Lipinski definition) is 0. The summed E-state index contributed by atoms with van der Waals surface area (Å²) in [6.45, 7) is 0.789. The molecule has 0 aromatic heterocycles. The molecule has 15 heavy (non-hydrogen) atoms. The van der Waals surface area contributed by atoms with Crippen LogP contribution in [0.1, 0.15) is 12.0 Å². The van der Waals surface area contributed by atoms with E-state index in [9.17, 15) is 8.78 Å². The summed E-state index contributed by atoms with van der Waals surface area (Å²) in [5.74, 6) is -0.397. The van der Waals surface area contributed by atoms with Crippen molar-refractivity contribution in [2.75, 3.05) is 18.0 Å². The first kappa shape index (κ1) is 9.91. The maximum absolute atomic E-state index is 13.0. The molecule has 0 amide bonds. The molecule has 1 aliphatic rings. The highest BCUT2D eigenvalue weighted by Gasteiger charge is 2.23. The van der Waals surface area contributed by atoms with Crippen LogP contribution in [0, 0.1) is 17.1 Å². The van der Waals surface area contributed by atoms with Crippen molar-refractivity contribution in [2.45, 2.75) is 12.6 Å². The van der Waals surface area contributed by atoms with Gasteiger partial charge in [-0.3, -0.25) is 0 Å². The Bertz CT molecular complexity index is 412. The van der Waals surface area contributed by atoms with Gasteiger partial charge in [0.15, 0.2) is 0 Å².